The van der Waals surface area contributed by atoms with E-state index in [9.17, 15) is 9.59 Å². The molecule has 1 aromatic rings. The summed E-state index contributed by atoms with van der Waals surface area (Å²) in [7, 11) is 2.97. The summed E-state index contributed by atoms with van der Waals surface area (Å²) < 4.78 is 10.00. The van der Waals surface area contributed by atoms with Crippen LogP contribution in [0.3, 0.4) is 0 Å². The van der Waals surface area contributed by atoms with Gasteiger partial charge in [0, 0.05) is 12.7 Å². The van der Waals surface area contributed by atoms with E-state index < -0.39 is 5.97 Å². The maximum Gasteiger partial charge on any atom is 0.342 e. The monoisotopic (exact) mass is 252 g/mol. The van der Waals surface area contributed by atoms with Crippen LogP contribution in [0, 0.1) is 0 Å². The molecule has 6 heteroatoms. The van der Waals surface area contributed by atoms with Crippen LogP contribution >= 0.6 is 0 Å². The summed E-state index contributed by atoms with van der Waals surface area (Å²) in [5.74, 6) is -0.375. The van der Waals surface area contributed by atoms with Crippen molar-refractivity contribution in [3.8, 4) is 5.75 Å². The molecule has 0 unspecified atom stereocenters. The van der Waals surface area contributed by atoms with E-state index in [0.29, 0.717) is 11.4 Å². The Kier molecular flexibility index (Phi) is 4.98. The molecule has 3 N–H and O–H groups in total. The average Bonchev–Trinajstić information content (AvgIpc) is 2.38. The topological polar surface area (TPSA) is 90.7 Å². The van der Waals surface area contributed by atoms with E-state index in [-0.39, 0.29) is 24.5 Å². The van der Waals surface area contributed by atoms with Crippen molar-refractivity contribution in [3.05, 3.63) is 23.8 Å². The Balaban J connectivity index is 2.66. The smallest absolute Gasteiger partial charge is 0.342 e. The van der Waals surface area contributed by atoms with Gasteiger partial charge in [0.2, 0.25) is 5.91 Å². The summed E-state index contributed by atoms with van der Waals surface area (Å²) in [4.78, 5) is 22.7. The van der Waals surface area contributed by atoms with E-state index in [1.165, 1.54) is 20.2 Å². The first kappa shape index (κ1) is 13.8. The van der Waals surface area contributed by atoms with E-state index >= 15 is 0 Å². The Morgan fingerprint density at radius 2 is 2.11 bits per heavy atom. The van der Waals surface area contributed by atoms with Gasteiger partial charge in [-0.05, 0) is 18.2 Å². The molecule has 98 valence electrons. The highest BCUT2D eigenvalue weighted by molar-refractivity contribution is 5.93. The van der Waals surface area contributed by atoms with E-state index in [4.69, 9.17) is 15.2 Å². The van der Waals surface area contributed by atoms with Crippen LogP contribution in [0.15, 0.2) is 18.2 Å². The number of carbonyl (C=O) groups is 2. The number of hydrogen-bond acceptors (Lipinski definition) is 5. The molecular formula is C12H16N2O4. The summed E-state index contributed by atoms with van der Waals surface area (Å²) in [5.41, 5.74) is 6.27. The van der Waals surface area contributed by atoms with Crippen molar-refractivity contribution >= 4 is 17.6 Å². The van der Waals surface area contributed by atoms with Gasteiger partial charge < -0.3 is 20.5 Å². The summed E-state index contributed by atoms with van der Waals surface area (Å²) >= 11 is 0. The second-order valence-electron chi connectivity index (χ2n) is 3.52. The van der Waals surface area contributed by atoms with Gasteiger partial charge in [0.25, 0.3) is 0 Å². The zero-order valence-corrected chi connectivity index (χ0v) is 10.4. The summed E-state index contributed by atoms with van der Waals surface area (Å²) in [6.07, 6.45) is 0.118. The summed E-state index contributed by atoms with van der Waals surface area (Å²) in [6.45, 7) is 0.0104. The molecule has 0 heterocycles. The Bertz CT molecular complexity index is 446. The number of hydrogen-bond donors (Lipinski definition) is 2. The van der Waals surface area contributed by atoms with E-state index in [0.717, 1.165) is 0 Å². The maximum absolute atomic E-state index is 11.8. The van der Waals surface area contributed by atoms with E-state index in [2.05, 4.69) is 5.32 Å². The molecular weight excluding hydrogens is 236 g/mol. The zero-order valence-electron chi connectivity index (χ0n) is 10.4. The SMILES string of the molecule is CNC(=O)CCOC(=O)c1cc(N)ccc1OC. The van der Waals surface area contributed by atoms with Gasteiger partial charge in [0.05, 0.1) is 13.5 Å². The summed E-state index contributed by atoms with van der Waals surface area (Å²) in [6, 6.07) is 4.69. The molecule has 0 saturated heterocycles. The first-order chi connectivity index (χ1) is 8.58. The van der Waals surface area contributed by atoms with Gasteiger partial charge in [0.15, 0.2) is 0 Å². The Morgan fingerprint density at radius 3 is 2.72 bits per heavy atom. The van der Waals surface area contributed by atoms with Crippen molar-refractivity contribution in [2.45, 2.75) is 6.42 Å². The second-order valence-corrected chi connectivity index (χ2v) is 3.52. The van der Waals surface area contributed by atoms with Gasteiger partial charge in [-0.25, -0.2) is 4.79 Å². The lowest BCUT2D eigenvalue weighted by atomic mass is 10.2. The van der Waals surface area contributed by atoms with Gasteiger partial charge in [0.1, 0.15) is 17.9 Å². The molecule has 0 aromatic heterocycles. The molecule has 0 saturated carbocycles. The lowest BCUT2D eigenvalue weighted by Gasteiger charge is -2.09. The Hall–Kier alpha value is -2.24. The molecule has 0 radical (unpaired) electrons. The molecule has 0 aliphatic carbocycles. The van der Waals surface area contributed by atoms with Gasteiger partial charge in [-0.3, -0.25) is 4.79 Å². The molecule has 0 aliphatic heterocycles. The fourth-order valence-electron chi connectivity index (χ4n) is 1.32. The first-order valence-corrected chi connectivity index (χ1v) is 5.39. The van der Waals surface area contributed by atoms with Crippen molar-refractivity contribution in [2.24, 2.45) is 0 Å². The van der Waals surface area contributed by atoms with Crippen LogP contribution in [0.5, 0.6) is 5.75 Å². The minimum atomic E-state index is -0.567. The van der Waals surface area contributed by atoms with Gasteiger partial charge in [-0.2, -0.15) is 0 Å². The van der Waals surface area contributed by atoms with Crippen molar-refractivity contribution in [2.75, 3.05) is 26.5 Å². The molecule has 0 spiro atoms. The normalized spacial score (nSPS) is 9.67. The van der Waals surface area contributed by atoms with Crippen molar-refractivity contribution in [3.63, 3.8) is 0 Å². The zero-order chi connectivity index (χ0) is 13.5. The van der Waals surface area contributed by atoms with Crippen LogP contribution in [0.1, 0.15) is 16.8 Å². The standard InChI is InChI=1S/C12H16N2O4/c1-14-11(15)5-6-18-12(16)9-7-8(13)3-4-10(9)17-2/h3-4,7H,5-6,13H2,1-2H3,(H,14,15). The Morgan fingerprint density at radius 1 is 1.39 bits per heavy atom. The third-order valence-corrected chi connectivity index (χ3v) is 2.28. The van der Waals surface area contributed by atoms with Crippen molar-refractivity contribution < 1.29 is 19.1 Å². The third kappa shape index (κ3) is 3.65. The number of rotatable bonds is 5. The lowest BCUT2D eigenvalue weighted by molar-refractivity contribution is -0.121. The number of benzene rings is 1. The fraction of sp³-hybridized carbons (Fsp3) is 0.333. The predicted octanol–water partition coefficient (Wildman–Crippen LogP) is 0.570. The average molecular weight is 252 g/mol. The molecule has 0 atom stereocenters. The quantitative estimate of drug-likeness (QED) is 0.590. The van der Waals surface area contributed by atoms with Gasteiger partial charge >= 0.3 is 5.97 Å². The Labute approximate surface area is 105 Å². The maximum atomic E-state index is 11.8. The molecule has 1 rings (SSSR count). The molecule has 1 aromatic carbocycles. The minimum absolute atomic E-state index is 0.0104. The van der Waals surface area contributed by atoms with Crippen LogP contribution in [0.4, 0.5) is 5.69 Å². The third-order valence-electron chi connectivity index (χ3n) is 2.28. The molecule has 1 amide bonds. The molecule has 6 nitrogen and oxygen atoms in total. The molecule has 0 aliphatic rings. The number of anilines is 1. The van der Waals surface area contributed by atoms with E-state index in [1.807, 2.05) is 0 Å². The van der Waals surface area contributed by atoms with Crippen LogP contribution in [0.25, 0.3) is 0 Å². The highest BCUT2D eigenvalue weighted by Gasteiger charge is 2.14. The highest BCUT2D eigenvalue weighted by Crippen LogP contribution is 2.21. The summed E-state index contributed by atoms with van der Waals surface area (Å²) in [5, 5.41) is 2.44. The number of carbonyl (C=O) groups excluding carboxylic acids is 2. The van der Waals surface area contributed by atoms with Crippen LogP contribution in [0.2, 0.25) is 0 Å². The van der Waals surface area contributed by atoms with E-state index in [1.54, 1.807) is 12.1 Å². The van der Waals surface area contributed by atoms with Crippen LogP contribution < -0.4 is 15.8 Å². The fourth-order valence-corrected chi connectivity index (χ4v) is 1.32. The number of nitrogen functional groups attached to an aromatic ring is 1. The van der Waals surface area contributed by atoms with Crippen molar-refractivity contribution in [1.29, 1.82) is 0 Å². The number of amides is 1. The van der Waals surface area contributed by atoms with Crippen molar-refractivity contribution in [1.82, 2.24) is 5.32 Å². The predicted molar refractivity (Wildman–Crippen MR) is 66.4 cm³/mol. The number of nitrogens with one attached hydrogen (secondary N) is 1. The highest BCUT2D eigenvalue weighted by atomic mass is 16.5. The first-order valence-electron chi connectivity index (χ1n) is 5.39. The largest absolute Gasteiger partial charge is 0.496 e. The number of methoxy groups -OCH3 is 1. The molecule has 18 heavy (non-hydrogen) atoms. The number of nitrogens with two attached hydrogens (primary N) is 1. The van der Waals surface area contributed by atoms with Crippen LogP contribution in [-0.4, -0.2) is 32.6 Å². The van der Waals surface area contributed by atoms with Gasteiger partial charge in [-0.1, -0.05) is 0 Å². The molecule has 0 fully saturated rings. The van der Waals surface area contributed by atoms with Crippen LogP contribution in [-0.2, 0) is 9.53 Å². The number of esters is 1. The number of ether oxygens (including phenoxy) is 2. The molecule has 0 bridgehead atoms. The van der Waals surface area contributed by atoms with Gasteiger partial charge in [-0.15, -0.1) is 0 Å². The second kappa shape index (κ2) is 6.48. The minimum Gasteiger partial charge on any atom is -0.496 e. The lowest BCUT2D eigenvalue weighted by Crippen LogP contribution is -2.20.